The molecule has 2 aromatic heterocycles. The largest absolute Gasteiger partial charge is 0.292 e. The minimum absolute atomic E-state index is 0.00955. The van der Waals surface area contributed by atoms with Gasteiger partial charge < -0.3 is 0 Å². The number of anilines is 1. The molecule has 3 heterocycles. The van der Waals surface area contributed by atoms with Crippen LogP contribution in [0.5, 0.6) is 0 Å². The normalized spacial score (nSPS) is 18.8. The molecule has 1 fully saturated rings. The minimum atomic E-state index is 0.00955. The van der Waals surface area contributed by atoms with Gasteiger partial charge in [0.2, 0.25) is 5.91 Å². The van der Waals surface area contributed by atoms with Gasteiger partial charge in [0.05, 0.1) is 11.9 Å². The second kappa shape index (κ2) is 6.18. The predicted octanol–water partition coefficient (Wildman–Crippen LogP) is 2.20. The fourth-order valence-electron chi connectivity index (χ4n) is 2.87. The lowest BCUT2D eigenvalue weighted by Crippen LogP contribution is -2.24. The van der Waals surface area contributed by atoms with Crippen molar-refractivity contribution in [3.8, 4) is 0 Å². The Morgan fingerprint density at radius 2 is 2.36 bits per heavy atom. The second-order valence-electron chi connectivity index (χ2n) is 5.78. The van der Waals surface area contributed by atoms with Crippen LogP contribution < -0.4 is 4.90 Å². The van der Waals surface area contributed by atoms with Crippen LogP contribution in [-0.2, 0) is 18.4 Å². The highest BCUT2D eigenvalue weighted by molar-refractivity contribution is 7.14. The van der Waals surface area contributed by atoms with Gasteiger partial charge in [0.15, 0.2) is 5.13 Å². The molecule has 1 atom stereocenters. The third-order valence-electron chi connectivity index (χ3n) is 4.14. The highest BCUT2D eigenvalue weighted by Crippen LogP contribution is 2.33. The molecule has 2 aromatic rings. The number of hydrogen-bond donors (Lipinski definition) is 0. The van der Waals surface area contributed by atoms with Crippen molar-refractivity contribution in [2.45, 2.75) is 32.4 Å². The Bertz CT molecular complexity index is 664. The number of aryl methyl sites for hydroxylation is 1. The van der Waals surface area contributed by atoms with Gasteiger partial charge >= 0.3 is 0 Å². The van der Waals surface area contributed by atoms with Crippen molar-refractivity contribution in [1.29, 1.82) is 0 Å². The molecule has 1 unspecified atom stereocenters. The molecule has 0 radical (unpaired) electrons. The van der Waals surface area contributed by atoms with Gasteiger partial charge in [-0.1, -0.05) is 0 Å². The summed E-state index contributed by atoms with van der Waals surface area (Å²) in [7, 11) is 3.71. The van der Waals surface area contributed by atoms with Crippen molar-refractivity contribution >= 4 is 22.4 Å². The fourth-order valence-corrected chi connectivity index (χ4v) is 3.70. The van der Waals surface area contributed by atoms with E-state index >= 15 is 0 Å². The molecule has 7 heteroatoms. The van der Waals surface area contributed by atoms with Gasteiger partial charge in [-0.25, -0.2) is 4.98 Å². The summed E-state index contributed by atoms with van der Waals surface area (Å²) in [6.45, 7) is 3.46. The Kier molecular flexibility index (Phi) is 4.26. The van der Waals surface area contributed by atoms with Crippen molar-refractivity contribution < 1.29 is 4.79 Å². The van der Waals surface area contributed by atoms with Crippen LogP contribution in [0.3, 0.4) is 0 Å². The Labute approximate surface area is 134 Å². The highest BCUT2D eigenvalue weighted by Gasteiger charge is 2.27. The van der Waals surface area contributed by atoms with E-state index < -0.39 is 0 Å². The van der Waals surface area contributed by atoms with E-state index in [0.29, 0.717) is 6.04 Å². The SMILES string of the molecule is CC(=O)N(C)c1nc(CN2CCCC2c2cnn(C)c2)cs1. The quantitative estimate of drug-likeness (QED) is 0.867. The first kappa shape index (κ1) is 15.2. The van der Waals surface area contributed by atoms with Crippen LogP contribution in [0.25, 0.3) is 0 Å². The Balaban J connectivity index is 1.71. The van der Waals surface area contributed by atoms with Gasteiger partial charge in [-0.05, 0) is 19.4 Å². The van der Waals surface area contributed by atoms with Crippen molar-refractivity contribution in [2.24, 2.45) is 7.05 Å². The zero-order chi connectivity index (χ0) is 15.7. The second-order valence-corrected chi connectivity index (χ2v) is 6.61. The van der Waals surface area contributed by atoms with Crippen LogP contribution in [0.2, 0.25) is 0 Å². The number of nitrogens with zero attached hydrogens (tertiary/aromatic N) is 5. The lowest BCUT2D eigenvalue weighted by molar-refractivity contribution is -0.116. The van der Waals surface area contributed by atoms with Crippen LogP contribution in [0.15, 0.2) is 17.8 Å². The number of amides is 1. The van der Waals surface area contributed by atoms with Crippen molar-refractivity contribution in [3.05, 3.63) is 29.0 Å². The first-order valence-electron chi connectivity index (χ1n) is 7.46. The van der Waals surface area contributed by atoms with E-state index in [1.165, 1.54) is 23.3 Å². The molecule has 1 amide bonds. The average molecular weight is 319 g/mol. The average Bonchev–Trinajstić information content (AvgIpc) is 3.19. The molecule has 0 saturated carbocycles. The van der Waals surface area contributed by atoms with Gasteiger partial charge in [0, 0.05) is 50.7 Å². The summed E-state index contributed by atoms with van der Waals surface area (Å²) < 4.78 is 1.86. The fraction of sp³-hybridized carbons (Fsp3) is 0.533. The van der Waals surface area contributed by atoms with Gasteiger partial charge in [0.25, 0.3) is 0 Å². The first-order chi connectivity index (χ1) is 10.5. The lowest BCUT2D eigenvalue weighted by Gasteiger charge is -2.22. The molecule has 3 rings (SSSR count). The lowest BCUT2D eigenvalue weighted by atomic mass is 10.1. The number of aromatic nitrogens is 3. The molecule has 1 saturated heterocycles. The van der Waals surface area contributed by atoms with E-state index in [2.05, 4.69) is 21.2 Å². The molecule has 0 aliphatic carbocycles. The van der Waals surface area contributed by atoms with Gasteiger partial charge in [-0.2, -0.15) is 5.10 Å². The third kappa shape index (κ3) is 3.05. The van der Waals surface area contributed by atoms with Crippen molar-refractivity contribution in [2.75, 3.05) is 18.5 Å². The van der Waals surface area contributed by atoms with Crippen molar-refractivity contribution in [1.82, 2.24) is 19.7 Å². The van der Waals surface area contributed by atoms with Gasteiger partial charge in [-0.3, -0.25) is 19.3 Å². The van der Waals surface area contributed by atoms with E-state index in [1.807, 2.05) is 23.3 Å². The molecule has 1 aliphatic rings. The van der Waals surface area contributed by atoms with E-state index in [0.717, 1.165) is 30.3 Å². The first-order valence-corrected chi connectivity index (χ1v) is 8.34. The van der Waals surface area contributed by atoms with Crippen LogP contribution >= 0.6 is 11.3 Å². The van der Waals surface area contributed by atoms with Crippen LogP contribution in [0, 0.1) is 0 Å². The summed E-state index contributed by atoms with van der Waals surface area (Å²) >= 11 is 1.52. The zero-order valence-corrected chi connectivity index (χ0v) is 14.0. The maximum Gasteiger partial charge on any atom is 0.225 e. The summed E-state index contributed by atoms with van der Waals surface area (Å²) in [4.78, 5) is 20.0. The van der Waals surface area contributed by atoms with E-state index in [1.54, 1.807) is 18.9 Å². The number of rotatable bonds is 4. The van der Waals surface area contributed by atoms with Crippen molar-refractivity contribution in [3.63, 3.8) is 0 Å². The number of thiazole rings is 1. The number of carbonyl (C=O) groups excluding carboxylic acids is 1. The van der Waals surface area contributed by atoms with Gasteiger partial charge in [0.1, 0.15) is 0 Å². The number of likely N-dealkylation sites (tertiary alicyclic amines) is 1. The standard InChI is InChI=1S/C15H21N5OS/c1-11(21)19(3)15-17-13(10-22-15)9-20-6-4-5-14(20)12-7-16-18(2)8-12/h7-8,10,14H,4-6,9H2,1-3H3. The molecule has 0 aromatic carbocycles. The number of carbonyl (C=O) groups is 1. The van der Waals surface area contributed by atoms with E-state index in [4.69, 9.17) is 0 Å². The molecule has 1 aliphatic heterocycles. The maximum atomic E-state index is 11.4. The summed E-state index contributed by atoms with van der Waals surface area (Å²) in [6.07, 6.45) is 6.41. The summed E-state index contributed by atoms with van der Waals surface area (Å²) in [5.74, 6) is 0.00955. The Hall–Kier alpha value is -1.73. The molecule has 6 nitrogen and oxygen atoms in total. The van der Waals surface area contributed by atoms with E-state index in [-0.39, 0.29) is 5.91 Å². The minimum Gasteiger partial charge on any atom is -0.292 e. The number of hydrogen-bond acceptors (Lipinski definition) is 5. The molecular formula is C15H21N5OS. The monoisotopic (exact) mass is 319 g/mol. The third-order valence-corrected chi connectivity index (χ3v) is 5.10. The van der Waals surface area contributed by atoms with Crippen LogP contribution in [0.4, 0.5) is 5.13 Å². The summed E-state index contributed by atoms with van der Waals surface area (Å²) in [5, 5.41) is 7.09. The predicted molar refractivity (Wildman–Crippen MR) is 86.8 cm³/mol. The highest BCUT2D eigenvalue weighted by atomic mass is 32.1. The molecule has 118 valence electrons. The van der Waals surface area contributed by atoms with Crippen LogP contribution in [-0.4, -0.2) is 39.2 Å². The Morgan fingerprint density at radius 1 is 1.55 bits per heavy atom. The molecule has 0 N–H and O–H groups in total. The van der Waals surface area contributed by atoms with Gasteiger partial charge in [-0.15, -0.1) is 11.3 Å². The molecule has 22 heavy (non-hydrogen) atoms. The Morgan fingerprint density at radius 3 is 3.05 bits per heavy atom. The summed E-state index contributed by atoms with van der Waals surface area (Å²) in [6, 6.07) is 0.421. The maximum absolute atomic E-state index is 11.4. The zero-order valence-electron chi connectivity index (χ0n) is 13.2. The van der Waals surface area contributed by atoms with E-state index in [9.17, 15) is 4.79 Å². The summed E-state index contributed by atoms with van der Waals surface area (Å²) in [5.41, 5.74) is 2.31. The molecule has 0 bridgehead atoms. The smallest absolute Gasteiger partial charge is 0.225 e. The molecule has 0 spiro atoms. The topological polar surface area (TPSA) is 54.3 Å². The van der Waals surface area contributed by atoms with Crippen LogP contribution in [0.1, 0.15) is 37.1 Å². The molecular weight excluding hydrogens is 298 g/mol.